The summed E-state index contributed by atoms with van der Waals surface area (Å²) in [5.74, 6) is 5.77. The fourth-order valence-electron chi connectivity index (χ4n) is 5.95. The number of hydrogen-bond acceptors (Lipinski definition) is 7. The van der Waals surface area contributed by atoms with Crippen LogP contribution in [0.3, 0.4) is 0 Å². The van der Waals surface area contributed by atoms with Crippen molar-refractivity contribution in [2.75, 3.05) is 41.4 Å². The molecule has 2 aromatic carbocycles. The van der Waals surface area contributed by atoms with Gasteiger partial charge in [0.15, 0.2) is 0 Å². The SMILES string of the molecule is Cc1ccc(C(=O)Nc2cc(N3CCN(C4CCCC4)CC3)cc(C(F)(F)F)c2)cc1N(N)/C=C(\N)c1cnn(C)c1C. The lowest BCUT2D eigenvalue weighted by molar-refractivity contribution is -0.137. The molecule has 1 aromatic heterocycles. The highest BCUT2D eigenvalue weighted by molar-refractivity contribution is 6.05. The van der Waals surface area contributed by atoms with Crippen LogP contribution in [0.25, 0.3) is 5.70 Å². The summed E-state index contributed by atoms with van der Waals surface area (Å²) in [4.78, 5) is 17.7. The van der Waals surface area contributed by atoms with E-state index >= 15 is 0 Å². The summed E-state index contributed by atoms with van der Waals surface area (Å²) < 4.78 is 43.4. The van der Waals surface area contributed by atoms with Crippen LogP contribution < -0.4 is 26.8 Å². The number of nitrogens with one attached hydrogen (secondary N) is 1. The standard InChI is InChI=1S/C31H39F3N8O/c1-20-8-9-22(14-29(20)42(36)19-28(35)27-18-37-39(3)21(27)2)30(43)38-24-15-23(31(32,33)34)16-26(17-24)41-12-10-40(11-13-41)25-6-4-5-7-25/h8-9,14-19,25H,4-7,10-13,35-36H2,1-3H3,(H,38,43)/b28-19-. The number of halogens is 3. The number of amides is 1. The Labute approximate surface area is 249 Å². The van der Waals surface area contributed by atoms with Gasteiger partial charge in [-0.15, -0.1) is 0 Å². The highest BCUT2D eigenvalue weighted by Crippen LogP contribution is 2.35. The average molecular weight is 597 g/mol. The number of rotatable bonds is 7. The van der Waals surface area contributed by atoms with Crippen LogP contribution in [0.4, 0.5) is 30.2 Å². The van der Waals surface area contributed by atoms with Crippen molar-refractivity contribution < 1.29 is 18.0 Å². The Morgan fingerprint density at radius 2 is 1.77 bits per heavy atom. The molecule has 5 rings (SSSR count). The molecule has 1 saturated carbocycles. The van der Waals surface area contributed by atoms with Crippen molar-refractivity contribution in [3.05, 3.63) is 76.7 Å². The lowest BCUT2D eigenvalue weighted by atomic mass is 10.1. The summed E-state index contributed by atoms with van der Waals surface area (Å²) >= 11 is 0. The highest BCUT2D eigenvalue weighted by atomic mass is 19.4. The molecule has 0 atom stereocenters. The van der Waals surface area contributed by atoms with Crippen LogP contribution in [-0.2, 0) is 13.2 Å². The van der Waals surface area contributed by atoms with Gasteiger partial charge < -0.3 is 16.0 Å². The lowest BCUT2D eigenvalue weighted by Gasteiger charge is -2.39. The van der Waals surface area contributed by atoms with Crippen molar-refractivity contribution in [3.63, 3.8) is 0 Å². The number of carbonyl (C=O) groups is 1. The molecule has 1 saturated heterocycles. The third kappa shape index (κ3) is 6.80. The Hall–Kier alpha value is -4.03. The van der Waals surface area contributed by atoms with Gasteiger partial charge >= 0.3 is 6.18 Å². The van der Waals surface area contributed by atoms with Gasteiger partial charge in [-0.1, -0.05) is 18.9 Å². The number of aromatic nitrogens is 2. The van der Waals surface area contributed by atoms with Crippen molar-refractivity contribution in [1.82, 2.24) is 14.7 Å². The van der Waals surface area contributed by atoms with Gasteiger partial charge in [-0.3, -0.25) is 19.4 Å². The van der Waals surface area contributed by atoms with Crippen LogP contribution >= 0.6 is 0 Å². The first-order valence-electron chi connectivity index (χ1n) is 14.5. The molecule has 3 aromatic rings. The zero-order chi connectivity index (χ0) is 30.9. The average Bonchev–Trinajstić information content (AvgIpc) is 3.63. The number of hydrogen-bond donors (Lipinski definition) is 3. The number of anilines is 3. The van der Waals surface area contributed by atoms with Crippen LogP contribution in [0.1, 0.15) is 58.4 Å². The van der Waals surface area contributed by atoms with Crippen molar-refractivity contribution in [2.24, 2.45) is 18.6 Å². The first kappa shape index (κ1) is 30.4. The third-order valence-corrected chi connectivity index (χ3v) is 8.60. The van der Waals surface area contributed by atoms with Crippen LogP contribution in [-0.4, -0.2) is 52.8 Å². The van der Waals surface area contributed by atoms with E-state index in [1.54, 1.807) is 41.3 Å². The van der Waals surface area contributed by atoms with Crippen molar-refractivity contribution in [3.8, 4) is 0 Å². The largest absolute Gasteiger partial charge is 0.416 e. The number of carbonyl (C=O) groups excluding carboxylic acids is 1. The van der Waals surface area contributed by atoms with E-state index < -0.39 is 17.6 Å². The maximum Gasteiger partial charge on any atom is 0.416 e. The Morgan fingerprint density at radius 3 is 2.40 bits per heavy atom. The van der Waals surface area contributed by atoms with Gasteiger partial charge in [0.05, 0.1) is 23.1 Å². The first-order valence-corrected chi connectivity index (χ1v) is 14.5. The number of benzene rings is 2. The van der Waals surface area contributed by atoms with Gasteiger partial charge in [0, 0.05) is 73.7 Å². The number of nitrogens with zero attached hydrogens (tertiary/aromatic N) is 5. The van der Waals surface area contributed by atoms with Crippen LogP contribution in [0.2, 0.25) is 0 Å². The third-order valence-electron chi connectivity index (χ3n) is 8.60. The molecule has 0 unspecified atom stereocenters. The van der Waals surface area contributed by atoms with Crippen LogP contribution in [0, 0.1) is 13.8 Å². The summed E-state index contributed by atoms with van der Waals surface area (Å²) in [5, 5.41) is 8.20. The molecule has 0 radical (unpaired) electrons. The van der Waals surface area contributed by atoms with Crippen molar-refractivity contribution in [2.45, 2.75) is 51.7 Å². The molecule has 9 nitrogen and oxygen atoms in total. The van der Waals surface area contributed by atoms with E-state index in [9.17, 15) is 18.0 Å². The predicted molar refractivity (Wildman–Crippen MR) is 163 cm³/mol. The Bertz CT molecular complexity index is 1500. The van der Waals surface area contributed by atoms with Gasteiger partial charge in [0.25, 0.3) is 5.91 Å². The molecule has 5 N–H and O–H groups in total. The van der Waals surface area contributed by atoms with E-state index in [-0.39, 0.29) is 11.3 Å². The number of alkyl halides is 3. The normalized spacial score (nSPS) is 17.0. The van der Waals surface area contributed by atoms with Crippen LogP contribution in [0.15, 0.2) is 48.8 Å². The van der Waals surface area contributed by atoms with Gasteiger partial charge in [-0.05, 0) is 62.6 Å². The number of piperazine rings is 1. The quantitative estimate of drug-likeness (QED) is 0.260. The molecule has 12 heteroatoms. The first-order chi connectivity index (χ1) is 20.4. The van der Waals surface area contributed by atoms with Gasteiger partial charge in [0.2, 0.25) is 0 Å². The van der Waals surface area contributed by atoms with Crippen LogP contribution in [0.5, 0.6) is 0 Å². The van der Waals surface area contributed by atoms with Gasteiger partial charge in [0.1, 0.15) is 0 Å². The summed E-state index contributed by atoms with van der Waals surface area (Å²) in [7, 11) is 1.81. The van der Waals surface area contributed by atoms with E-state index in [1.807, 2.05) is 25.8 Å². The molecule has 1 amide bonds. The summed E-state index contributed by atoms with van der Waals surface area (Å²) in [6.45, 7) is 6.60. The summed E-state index contributed by atoms with van der Waals surface area (Å²) in [6.07, 6.45) is 3.49. The lowest BCUT2D eigenvalue weighted by Crippen LogP contribution is -2.49. The Morgan fingerprint density at radius 1 is 1.07 bits per heavy atom. The highest BCUT2D eigenvalue weighted by Gasteiger charge is 2.33. The number of aryl methyl sites for hydroxylation is 2. The minimum Gasteiger partial charge on any atom is -0.397 e. The molecule has 0 bridgehead atoms. The molecular weight excluding hydrogens is 557 g/mol. The predicted octanol–water partition coefficient (Wildman–Crippen LogP) is 5.01. The summed E-state index contributed by atoms with van der Waals surface area (Å²) in [6, 6.07) is 9.25. The second-order valence-electron chi connectivity index (χ2n) is 11.4. The molecule has 2 heterocycles. The summed E-state index contributed by atoms with van der Waals surface area (Å²) in [5.41, 5.74) is 9.51. The van der Waals surface area contributed by atoms with E-state index in [0.717, 1.165) is 42.0 Å². The molecule has 0 spiro atoms. The minimum atomic E-state index is -4.56. The Balaban J connectivity index is 1.35. The fourth-order valence-corrected chi connectivity index (χ4v) is 5.95. The zero-order valence-corrected chi connectivity index (χ0v) is 24.8. The monoisotopic (exact) mass is 596 g/mol. The molecule has 1 aliphatic carbocycles. The maximum atomic E-state index is 13.9. The number of hydrazine groups is 1. The smallest absolute Gasteiger partial charge is 0.397 e. The molecule has 1 aliphatic heterocycles. The topological polar surface area (TPSA) is 109 Å². The Kier molecular flexibility index (Phi) is 8.70. The van der Waals surface area contributed by atoms with E-state index in [4.69, 9.17) is 11.6 Å². The molecule has 230 valence electrons. The molecule has 43 heavy (non-hydrogen) atoms. The fraction of sp³-hybridized carbons (Fsp3) is 0.419. The molecule has 2 fully saturated rings. The van der Waals surface area contributed by atoms with E-state index in [0.29, 0.717) is 36.2 Å². The van der Waals surface area contributed by atoms with Crippen molar-refractivity contribution in [1.29, 1.82) is 0 Å². The van der Waals surface area contributed by atoms with E-state index in [2.05, 4.69) is 15.3 Å². The zero-order valence-electron chi connectivity index (χ0n) is 24.8. The maximum absolute atomic E-state index is 13.9. The second kappa shape index (κ2) is 12.3. The van der Waals surface area contributed by atoms with Gasteiger partial charge in [-0.25, -0.2) is 5.84 Å². The number of nitrogens with two attached hydrogens (primary N) is 2. The molecule has 2 aliphatic rings. The van der Waals surface area contributed by atoms with E-state index in [1.165, 1.54) is 30.7 Å². The van der Waals surface area contributed by atoms with Gasteiger partial charge in [-0.2, -0.15) is 18.3 Å². The molecular formula is C31H39F3N8O. The minimum absolute atomic E-state index is 0.0796. The second-order valence-corrected chi connectivity index (χ2v) is 11.4. The van der Waals surface area contributed by atoms with Crippen molar-refractivity contribution >= 4 is 28.7 Å².